The molecule has 22 heavy (non-hydrogen) atoms. The van der Waals surface area contributed by atoms with Crippen LogP contribution in [0, 0.1) is 6.92 Å². The highest BCUT2D eigenvalue weighted by atomic mass is 16.5. The second kappa shape index (κ2) is 5.96. The van der Waals surface area contributed by atoms with Crippen LogP contribution in [0.15, 0.2) is 18.2 Å². The minimum Gasteiger partial charge on any atom is -0.371 e. The minimum atomic E-state index is -0.150. The average molecular weight is 302 g/mol. The number of aryl methyl sites for hydroxylation is 1. The van der Waals surface area contributed by atoms with Crippen molar-refractivity contribution in [3.8, 4) is 0 Å². The molecule has 1 aromatic carbocycles. The fourth-order valence-electron chi connectivity index (χ4n) is 2.85. The van der Waals surface area contributed by atoms with Gasteiger partial charge in [-0.2, -0.15) is 0 Å². The smallest absolute Gasteiger partial charge is 0.315 e. The van der Waals surface area contributed by atoms with Gasteiger partial charge in [-0.3, -0.25) is 0 Å². The van der Waals surface area contributed by atoms with Gasteiger partial charge in [0.15, 0.2) is 0 Å². The third kappa shape index (κ3) is 2.78. The highest BCUT2D eigenvalue weighted by molar-refractivity contribution is 5.80. The van der Waals surface area contributed by atoms with Gasteiger partial charge in [-0.1, -0.05) is 12.1 Å². The molecular weight excluding hydrogens is 280 g/mol. The summed E-state index contributed by atoms with van der Waals surface area (Å²) in [5.74, 6) is 0.923. The van der Waals surface area contributed by atoms with Crippen molar-refractivity contribution in [1.29, 1.82) is 0 Å². The van der Waals surface area contributed by atoms with Crippen LogP contribution in [-0.4, -0.2) is 34.8 Å². The molecule has 3 rings (SSSR count). The van der Waals surface area contributed by atoms with Crippen molar-refractivity contribution in [1.82, 2.24) is 20.2 Å². The summed E-state index contributed by atoms with van der Waals surface area (Å²) >= 11 is 0. The van der Waals surface area contributed by atoms with Gasteiger partial charge in [-0.05, 0) is 32.4 Å². The summed E-state index contributed by atoms with van der Waals surface area (Å²) in [5, 5.41) is 5.75. The Morgan fingerprint density at radius 1 is 1.50 bits per heavy atom. The fourth-order valence-corrected chi connectivity index (χ4v) is 2.85. The van der Waals surface area contributed by atoms with Gasteiger partial charge in [0.05, 0.1) is 23.7 Å². The Morgan fingerprint density at radius 2 is 2.32 bits per heavy atom. The molecule has 2 aromatic rings. The van der Waals surface area contributed by atoms with Crippen LogP contribution in [0.4, 0.5) is 4.79 Å². The van der Waals surface area contributed by atoms with E-state index in [2.05, 4.69) is 39.2 Å². The van der Waals surface area contributed by atoms with Gasteiger partial charge in [-0.15, -0.1) is 0 Å². The Bertz CT molecular complexity index is 693. The Morgan fingerprint density at radius 3 is 3.09 bits per heavy atom. The van der Waals surface area contributed by atoms with Crippen LogP contribution in [0.3, 0.4) is 0 Å². The number of aromatic nitrogens is 2. The second-order valence-electron chi connectivity index (χ2n) is 6.02. The standard InChI is InChI=1S/C16H22N4O2/c1-10(2)18-16(21)17-7-12-8-22-9-14-19-15-11(3)5-4-6-13(15)20(12)14/h4-6,10,12H,7-9H2,1-3H3,(H2,17,18,21)/t12-/m0/s1. The number of nitrogens with zero attached hydrogens (tertiary/aromatic N) is 2. The lowest BCUT2D eigenvalue weighted by molar-refractivity contribution is 0.0572. The molecule has 0 unspecified atom stereocenters. The van der Waals surface area contributed by atoms with Gasteiger partial charge in [-0.25, -0.2) is 9.78 Å². The monoisotopic (exact) mass is 302 g/mol. The molecule has 6 nitrogen and oxygen atoms in total. The molecule has 6 heteroatoms. The van der Waals surface area contributed by atoms with Crippen molar-refractivity contribution in [2.45, 2.75) is 39.5 Å². The zero-order valence-corrected chi connectivity index (χ0v) is 13.2. The quantitative estimate of drug-likeness (QED) is 0.912. The number of imidazole rings is 1. The van der Waals surface area contributed by atoms with E-state index >= 15 is 0 Å². The highest BCUT2D eigenvalue weighted by Crippen LogP contribution is 2.27. The Labute approximate surface area is 129 Å². The Kier molecular flexibility index (Phi) is 4.02. The minimum absolute atomic E-state index is 0.0634. The van der Waals surface area contributed by atoms with Crippen molar-refractivity contribution in [2.75, 3.05) is 13.2 Å². The van der Waals surface area contributed by atoms with Gasteiger partial charge < -0.3 is 19.9 Å². The number of para-hydroxylation sites is 1. The Balaban J connectivity index is 1.83. The molecule has 2 amide bonds. The number of fused-ring (bicyclic) bond motifs is 3. The molecule has 2 N–H and O–H groups in total. The maximum atomic E-state index is 11.8. The number of carbonyl (C=O) groups excluding carboxylic acids is 1. The molecule has 1 atom stereocenters. The lowest BCUT2D eigenvalue weighted by atomic mass is 10.2. The average Bonchev–Trinajstić information content (AvgIpc) is 2.85. The van der Waals surface area contributed by atoms with Gasteiger partial charge in [0.2, 0.25) is 0 Å². The van der Waals surface area contributed by atoms with Crippen LogP contribution in [0.2, 0.25) is 0 Å². The van der Waals surface area contributed by atoms with Crippen molar-refractivity contribution >= 4 is 17.1 Å². The summed E-state index contributed by atoms with van der Waals surface area (Å²) in [6.07, 6.45) is 0. The van der Waals surface area contributed by atoms with Crippen molar-refractivity contribution < 1.29 is 9.53 Å². The zero-order valence-electron chi connectivity index (χ0n) is 13.2. The van der Waals surface area contributed by atoms with E-state index in [4.69, 9.17) is 4.74 Å². The summed E-state index contributed by atoms with van der Waals surface area (Å²) in [6, 6.07) is 6.21. The molecule has 1 aliphatic rings. The SMILES string of the molecule is Cc1cccc2c1nc1n2[C@@H](CNC(=O)NC(C)C)COC1. The van der Waals surface area contributed by atoms with Gasteiger partial charge in [0.25, 0.3) is 0 Å². The molecule has 118 valence electrons. The van der Waals surface area contributed by atoms with Crippen molar-refractivity contribution in [2.24, 2.45) is 0 Å². The molecular formula is C16H22N4O2. The van der Waals surface area contributed by atoms with Gasteiger partial charge in [0, 0.05) is 12.6 Å². The molecule has 0 fully saturated rings. The van der Waals surface area contributed by atoms with Gasteiger partial charge >= 0.3 is 6.03 Å². The van der Waals surface area contributed by atoms with E-state index in [0.29, 0.717) is 19.8 Å². The van der Waals surface area contributed by atoms with E-state index in [0.717, 1.165) is 22.4 Å². The van der Waals surface area contributed by atoms with Crippen molar-refractivity contribution in [3.63, 3.8) is 0 Å². The van der Waals surface area contributed by atoms with E-state index in [1.165, 1.54) is 0 Å². The van der Waals surface area contributed by atoms with E-state index in [-0.39, 0.29) is 18.1 Å². The fraction of sp³-hybridized carbons (Fsp3) is 0.500. The predicted molar refractivity (Wildman–Crippen MR) is 84.8 cm³/mol. The summed E-state index contributed by atoms with van der Waals surface area (Å²) < 4.78 is 7.83. The molecule has 1 aliphatic heterocycles. The van der Waals surface area contributed by atoms with Gasteiger partial charge in [0.1, 0.15) is 12.4 Å². The maximum Gasteiger partial charge on any atom is 0.315 e. The molecule has 2 heterocycles. The molecule has 0 saturated carbocycles. The molecule has 0 aliphatic carbocycles. The zero-order chi connectivity index (χ0) is 15.7. The maximum absolute atomic E-state index is 11.8. The van der Waals surface area contributed by atoms with Crippen molar-refractivity contribution in [3.05, 3.63) is 29.6 Å². The highest BCUT2D eigenvalue weighted by Gasteiger charge is 2.24. The summed E-state index contributed by atoms with van der Waals surface area (Å²) in [5.41, 5.74) is 3.28. The first-order valence-corrected chi connectivity index (χ1v) is 7.65. The number of hydrogen-bond acceptors (Lipinski definition) is 3. The van der Waals surface area contributed by atoms with Crippen LogP contribution in [0.5, 0.6) is 0 Å². The largest absolute Gasteiger partial charge is 0.371 e. The van der Waals surface area contributed by atoms with Crippen LogP contribution >= 0.6 is 0 Å². The number of ether oxygens (including phenoxy) is 1. The normalized spacial score (nSPS) is 17.5. The number of nitrogens with one attached hydrogen (secondary N) is 2. The van der Waals surface area contributed by atoms with E-state index < -0.39 is 0 Å². The predicted octanol–water partition coefficient (Wildman–Crippen LogP) is 2.12. The first kappa shape index (κ1) is 14.8. The summed E-state index contributed by atoms with van der Waals surface area (Å²) in [4.78, 5) is 16.5. The molecule has 0 saturated heterocycles. The number of amides is 2. The topological polar surface area (TPSA) is 68.2 Å². The summed E-state index contributed by atoms with van der Waals surface area (Å²) in [6.45, 7) is 7.55. The Hall–Kier alpha value is -2.08. The molecule has 0 spiro atoms. The van der Waals surface area contributed by atoms with E-state index in [9.17, 15) is 4.79 Å². The number of urea groups is 1. The van der Waals surface area contributed by atoms with Crippen LogP contribution < -0.4 is 10.6 Å². The molecule has 0 radical (unpaired) electrons. The van der Waals surface area contributed by atoms with E-state index in [1.807, 2.05) is 19.9 Å². The third-order valence-corrected chi connectivity index (χ3v) is 3.82. The number of rotatable bonds is 3. The van der Waals surface area contributed by atoms with E-state index in [1.54, 1.807) is 0 Å². The first-order chi connectivity index (χ1) is 10.6. The lowest BCUT2D eigenvalue weighted by Gasteiger charge is -2.26. The van der Waals surface area contributed by atoms with Crippen LogP contribution in [0.25, 0.3) is 11.0 Å². The lowest BCUT2D eigenvalue weighted by Crippen LogP contribution is -2.43. The van der Waals surface area contributed by atoms with Crippen LogP contribution in [0.1, 0.15) is 31.3 Å². The van der Waals surface area contributed by atoms with Crippen LogP contribution in [-0.2, 0) is 11.3 Å². The first-order valence-electron chi connectivity index (χ1n) is 7.65. The molecule has 1 aromatic heterocycles. The molecule has 0 bridgehead atoms. The number of hydrogen-bond donors (Lipinski definition) is 2. The number of benzene rings is 1. The second-order valence-corrected chi connectivity index (χ2v) is 6.02. The summed E-state index contributed by atoms with van der Waals surface area (Å²) in [7, 11) is 0. The third-order valence-electron chi connectivity index (χ3n) is 3.82. The number of carbonyl (C=O) groups is 1.